The molecule has 2 aliphatic heterocycles. The van der Waals surface area contributed by atoms with Crippen LogP contribution < -0.4 is 48.7 Å². The van der Waals surface area contributed by atoms with Crippen molar-refractivity contribution in [3.8, 4) is 5.75 Å². The van der Waals surface area contributed by atoms with Gasteiger partial charge in [-0.25, -0.2) is 0 Å². The van der Waals surface area contributed by atoms with E-state index in [4.69, 9.17) is 20.9 Å². The molecule has 2 fully saturated rings. The number of aliphatic hydroxyl groups is 3. The number of nitrogens with one attached hydrogen (secondary N) is 7. The van der Waals surface area contributed by atoms with Crippen molar-refractivity contribution in [2.24, 2.45) is 11.5 Å². The van der Waals surface area contributed by atoms with Gasteiger partial charge in [0, 0.05) is 24.9 Å². The number of aromatic hydroxyl groups is 1. The molecule has 0 bridgehead atoms. The van der Waals surface area contributed by atoms with Gasteiger partial charge in [-0.1, -0.05) is 64.1 Å². The van der Waals surface area contributed by atoms with Crippen LogP contribution in [0.4, 0.5) is 0 Å². The summed E-state index contributed by atoms with van der Waals surface area (Å²) in [5.74, 6) is -6.96. The van der Waals surface area contributed by atoms with Crippen molar-refractivity contribution in [1.82, 2.24) is 37.2 Å². The molecular formula is C39H53N9O14S2. The molecule has 0 aliphatic carbocycles. The number of aliphatic hydroxyl groups excluding tert-OH is 3. The normalized spacial score (nSPS) is 25.4. The van der Waals surface area contributed by atoms with Crippen LogP contribution in [-0.2, 0) is 60.7 Å². The number of hydrogen-bond acceptors (Lipinski definition) is 17. The monoisotopic (exact) mass is 935 g/mol. The predicted molar refractivity (Wildman–Crippen MR) is 229 cm³/mol. The molecule has 0 spiro atoms. The second kappa shape index (κ2) is 25.1. The van der Waals surface area contributed by atoms with Crippen molar-refractivity contribution in [3.63, 3.8) is 0 Å². The van der Waals surface area contributed by atoms with Crippen LogP contribution in [-0.4, -0.2) is 166 Å². The van der Waals surface area contributed by atoms with Crippen LogP contribution in [0.5, 0.6) is 5.75 Å². The number of rotatable bonds is 16. The Morgan fingerprint density at radius 2 is 1.59 bits per heavy atom. The van der Waals surface area contributed by atoms with Crippen LogP contribution in [0.2, 0.25) is 0 Å². The molecule has 25 heteroatoms. The van der Waals surface area contributed by atoms with Crippen LogP contribution in [0.15, 0.2) is 54.6 Å². The van der Waals surface area contributed by atoms with E-state index in [2.05, 4.69) is 37.2 Å². The smallest absolute Gasteiger partial charge is 0.245 e. The summed E-state index contributed by atoms with van der Waals surface area (Å²) in [5.41, 5.74) is 12.6. The summed E-state index contributed by atoms with van der Waals surface area (Å²) < 4.78 is 11.3. The first kappa shape index (κ1) is 51.1. The van der Waals surface area contributed by atoms with Crippen molar-refractivity contribution < 1.29 is 68.3 Å². The zero-order valence-corrected chi connectivity index (χ0v) is 36.1. The molecule has 2 heterocycles. The van der Waals surface area contributed by atoms with Crippen LogP contribution in [0, 0.1) is 0 Å². The number of ether oxygens (including phenoxy) is 2. The minimum atomic E-state index is -1.71. The van der Waals surface area contributed by atoms with Gasteiger partial charge in [-0.2, -0.15) is 0 Å². The molecule has 2 aromatic carbocycles. The van der Waals surface area contributed by atoms with Gasteiger partial charge in [0.1, 0.15) is 54.3 Å². The third-order valence-corrected chi connectivity index (χ3v) is 12.1. The number of hydrogen-bond donors (Lipinski definition) is 13. The molecule has 350 valence electrons. The molecule has 4 rings (SSSR count). The molecule has 10 atom stereocenters. The molecule has 2 unspecified atom stereocenters. The van der Waals surface area contributed by atoms with E-state index in [-0.39, 0.29) is 30.1 Å². The summed E-state index contributed by atoms with van der Waals surface area (Å²) in [4.78, 5) is 105. The Morgan fingerprint density at radius 3 is 2.25 bits per heavy atom. The highest BCUT2D eigenvalue weighted by Gasteiger charge is 2.46. The second-order valence-corrected chi connectivity index (χ2v) is 17.3. The Kier molecular flexibility index (Phi) is 20.0. The lowest BCUT2D eigenvalue weighted by atomic mass is 9.97. The average molecular weight is 936 g/mol. The Labute approximate surface area is 374 Å². The zero-order valence-electron chi connectivity index (χ0n) is 34.5. The highest BCUT2D eigenvalue weighted by molar-refractivity contribution is 8.76. The highest BCUT2D eigenvalue weighted by Crippen LogP contribution is 2.25. The van der Waals surface area contributed by atoms with E-state index in [0.29, 0.717) is 11.1 Å². The van der Waals surface area contributed by atoms with Crippen molar-refractivity contribution in [3.05, 3.63) is 65.7 Å². The molecular weight excluding hydrogens is 883 g/mol. The van der Waals surface area contributed by atoms with Crippen LogP contribution in [0.25, 0.3) is 0 Å². The van der Waals surface area contributed by atoms with E-state index >= 15 is 0 Å². The molecule has 0 saturated carbocycles. The lowest BCUT2D eigenvalue weighted by Gasteiger charge is -2.42. The number of primary amides is 1. The van der Waals surface area contributed by atoms with Gasteiger partial charge in [0.05, 0.1) is 32.3 Å². The number of benzene rings is 2. The first-order chi connectivity index (χ1) is 30.4. The lowest BCUT2D eigenvalue weighted by Crippen LogP contribution is -2.65. The minimum Gasteiger partial charge on any atom is -0.508 e. The Hall–Kier alpha value is -5.54. The fourth-order valence-electron chi connectivity index (χ4n) is 6.28. The van der Waals surface area contributed by atoms with Gasteiger partial charge in [0.25, 0.3) is 0 Å². The summed E-state index contributed by atoms with van der Waals surface area (Å²) in [6.07, 6.45) is -6.35. The number of carbonyl (C=O) groups excluding carboxylic acids is 8. The van der Waals surface area contributed by atoms with Gasteiger partial charge in [0.2, 0.25) is 47.3 Å². The van der Waals surface area contributed by atoms with E-state index in [1.165, 1.54) is 12.1 Å². The SMILES string of the molecule is CC(=O)N[C@H]1[C@@H](OC[C@H](NC(=O)C2CSSC[C@@H](NC(=O)[C@@H](N)Cc3ccc(O)cc3)C(=O)NCC(=O)NC(Cc3ccccc3)C(=O)N2)C(=O)NCC(N)=O)O[C@H](CO)[C@H](O)[C@@H]1O. The summed E-state index contributed by atoms with van der Waals surface area (Å²) in [5, 5.41) is 57.7. The standard InChI is InChI=1S/C39H53N9O14S2/c1-19(50)44-31-33(55)32(54)28(15-49)62-39(31)61-16-25(35(57)42-13-29(41)52)46-38(60)27-18-64-63-17-26(47-34(56)23(40)11-21-7-9-22(51)10-8-21)36(58)43-14-30(53)45-24(37(59)48-27)12-20-5-3-2-4-6-20/h2-10,23-28,31-33,39,49,51,54-55H,11-18,40H2,1H3,(H2,41,52)(H,42,57)(H,43,58)(H,44,50)(H,45,53)(H,46,60)(H,47,56)(H,48,59)/t23-,24?,25-,26+,27?,28+,31+,32-,33+,39-/m0/s1. The molecule has 23 nitrogen and oxygen atoms in total. The quantitative estimate of drug-likeness (QED) is 0.0699. The lowest BCUT2D eigenvalue weighted by molar-refractivity contribution is -0.271. The molecule has 0 radical (unpaired) electrons. The predicted octanol–water partition coefficient (Wildman–Crippen LogP) is -5.48. The van der Waals surface area contributed by atoms with E-state index in [0.717, 1.165) is 28.5 Å². The molecule has 64 heavy (non-hydrogen) atoms. The van der Waals surface area contributed by atoms with Crippen molar-refractivity contribution in [2.75, 3.05) is 37.8 Å². The number of phenolic OH excluding ortho intramolecular Hbond substituents is 1. The van der Waals surface area contributed by atoms with Gasteiger partial charge >= 0.3 is 0 Å². The number of phenols is 1. The largest absolute Gasteiger partial charge is 0.508 e. The highest BCUT2D eigenvalue weighted by atomic mass is 33.1. The molecule has 2 saturated heterocycles. The summed E-state index contributed by atoms with van der Waals surface area (Å²) in [7, 11) is 2.02. The van der Waals surface area contributed by atoms with E-state index in [1.54, 1.807) is 42.5 Å². The molecule has 15 N–H and O–H groups in total. The van der Waals surface area contributed by atoms with Crippen molar-refractivity contribution in [1.29, 1.82) is 0 Å². The minimum absolute atomic E-state index is 0.0194. The number of carbonyl (C=O) groups is 8. The van der Waals surface area contributed by atoms with Crippen molar-refractivity contribution >= 4 is 68.8 Å². The van der Waals surface area contributed by atoms with Gasteiger partial charge < -0.3 is 78.6 Å². The zero-order chi connectivity index (χ0) is 46.9. The molecule has 2 aliphatic rings. The maximum atomic E-state index is 14.1. The third kappa shape index (κ3) is 15.9. The fourth-order valence-corrected chi connectivity index (χ4v) is 8.61. The number of amides is 8. The van der Waals surface area contributed by atoms with Crippen molar-refractivity contribution in [2.45, 2.75) is 80.6 Å². The fraction of sp³-hybridized carbons (Fsp3) is 0.487. The topological polar surface area (TPSA) is 372 Å². The van der Waals surface area contributed by atoms with Crippen LogP contribution in [0.1, 0.15) is 18.1 Å². The van der Waals surface area contributed by atoms with E-state index in [1.807, 2.05) is 0 Å². The second-order valence-electron chi connectivity index (χ2n) is 14.7. The Morgan fingerprint density at radius 1 is 0.906 bits per heavy atom. The van der Waals surface area contributed by atoms with Gasteiger partial charge in [-0.05, 0) is 29.7 Å². The maximum absolute atomic E-state index is 14.1. The van der Waals surface area contributed by atoms with Gasteiger partial charge in [-0.3, -0.25) is 38.4 Å². The number of nitrogens with two attached hydrogens (primary N) is 2. The molecule has 8 amide bonds. The Balaban J connectivity index is 1.58. The van der Waals surface area contributed by atoms with Gasteiger partial charge in [-0.15, -0.1) is 0 Å². The van der Waals surface area contributed by atoms with Crippen LogP contribution >= 0.6 is 21.6 Å². The third-order valence-electron chi connectivity index (χ3n) is 9.65. The first-order valence-corrected chi connectivity index (χ1v) is 22.3. The van der Waals surface area contributed by atoms with E-state index < -0.39 is 134 Å². The summed E-state index contributed by atoms with van der Waals surface area (Å²) in [6, 6.07) is 6.38. The average Bonchev–Trinajstić information content (AvgIpc) is 3.26. The first-order valence-electron chi connectivity index (χ1n) is 19.8. The van der Waals surface area contributed by atoms with Crippen LogP contribution in [0.3, 0.4) is 0 Å². The van der Waals surface area contributed by atoms with E-state index in [9.17, 15) is 58.8 Å². The molecule has 0 aromatic heterocycles. The summed E-state index contributed by atoms with van der Waals surface area (Å²) >= 11 is 0. The maximum Gasteiger partial charge on any atom is 0.245 e. The molecule has 2 aromatic rings. The van der Waals surface area contributed by atoms with Gasteiger partial charge in [0.15, 0.2) is 6.29 Å². The summed E-state index contributed by atoms with van der Waals surface area (Å²) in [6.45, 7) is -1.70. The Bertz CT molecular complexity index is 1950.